The van der Waals surface area contributed by atoms with Crippen molar-refractivity contribution in [3.8, 4) is 5.75 Å². The first kappa shape index (κ1) is 16.7. The molecule has 1 aliphatic heterocycles. The molecule has 0 radical (unpaired) electrons. The summed E-state index contributed by atoms with van der Waals surface area (Å²) in [6.07, 6.45) is 3.52. The van der Waals surface area contributed by atoms with E-state index in [2.05, 4.69) is 65.6 Å². The van der Waals surface area contributed by atoms with Crippen molar-refractivity contribution in [1.82, 2.24) is 0 Å². The van der Waals surface area contributed by atoms with Gasteiger partial charge in [-0.3, -0.25) is 0 Å². The van der Waals surface area contributed by atoms with Gasteiger partial charge < -0.3 is 9.64 Å². The van der Waals surface area contributed by atoms with E-state index in [9.17, 15) is 0 Å². The summed E-state index contributed by atoms with van der Waals surface area (Å²) in [4.78, 5) is 2.53. The maximum Gasteiger partial charge on any atom is 0.119 e. The highest BCUT2D eigenvalue weighted by atomic mass is 16.5. The monoisotopic (exact) mass is 343 g/mol. The van der Waals surface area contributed by atoms with E-state index in [0.29, 0.717) is 6.61 Å². The lowest BCUT2D eigenvalue weighted by atomic mass is 10.0. The van der Waals surface area contributed by atoms with Gasteiger partial charge in [0.25, 0.3) is 0 Å². The summed E-state index contributed by atoms with van der Waals surface area (Å²) in [7, 11) is 0. The Morgan fingerprint density at radius 2 is 1.54 bits per heavy atom. The standard InChI is InChI=1S/C24H25NO/c1-2-7-21(8-3-1)19-26-23-14-12-20(13-15-23)16-18-25-17-6-10-22-9-4-5-11-24(22)25/h1-5,7-9,11-15H,6,10,16-19H2. The van der Waals surface area contributed by atoms with Crippen LogP contribution in [0.3, 0.4) is 0 Å². The second-order valence-corrected chi connectivity index (χ2v) is 6.89. The van der Waals surface area contributed by atoms with Crippen molar-refractivity contribution in [3.05, 3.63) is 95.6 Å². The van der Waals surface area contributed by atoms with Gasteiger partial charge in [0, 0.05) is 18.8 Å². The lowest BCUT2D eigenvalue weighted by molar-refractivity contribution is 0.306. The van der Waals surface area contributed by atoms with Crippen LogP contribution in [0.25, 0.3) is 0 Å². The molecule has 4 rings (SSSR count). The van der Waals surface area contributed by atoms with E-state index in [1.165, 1.54) is 35.2 Å². The third kappa shape index (κ3) is 4.08. The molecule has 2 nitrogen and oxygen atoms in total. The van der Waals surface area contributed by atoms with E-state index in [1.54, 1.807) is 0 Å². The van der Waals surface area contributed by atoms with Gasteiger partial charge >= 0.3 is 0 Å². The lowest BCUT2D eigenvalue weighted by Gasteiger charge is -2.31. The second kappa shape index (κ2) is 8.09. The molecular weight excluding hydrogens is 318 g/mol. The Labute approximate surface area is 156 Å². The molecule has 0 bridgehead atoms. The number of para-hydroxylation sites is 1. The first-order chi connectivity index (χ1) is 12.9. The molecule has 1 aliphatic rings. The molecule has 0 amide bonds. The van der Waals surface area contributed by atoms with Gasteiger partial charge in [0.1, 0.15) is 12.4 Å². The van der Waals surface area contributed by atoms with Gasteiger partial charge in [-0.1, -0.05) is 60.7 Å². The predicted molar refractivity (Wildman–Crippen MR) is 108 cm³/mol. The van der Waals surface area contributed by atoms with Crippen LogP contribution in [-0.2, 0) is 19.4 Å². The minimum absolute atomic E-state index is 0.616. The Morgan fingerprint density at radius 3 is 2.38 bits per heavy atom. The average molecular weight is 343 g/mol. The first-order valence-electron chi connectivity index (χ1n) is 9.47. The summed E-state index contributed by atoms with van der Waals surface area (Å²) in [5.41, 5.74) is 5.46. The van der Waals surface area contributed by atoms with Gasteiger partial charge in [0.2, 0.25) is 0 Å². The number of benzene rings is 3. The highest BCUT2D eigenvalue weighted by Crippen LogP contribution is 2.26. The molecule has 0 N–H and O–H groups in total. The molecular formula is C24H25NO. The number of hydrogen-bond donors (Lipinski definition) is 0. The lowest BCUT2D eigenvalue weighted by Crippen LogP contribution is -2.31. The molecule has 0 unspecified atom stereocenters. The van der Waals surface area contributed by atoms with Gasteiger partial charge in [0.05, 0.1) is 0 Å². The number of hydrogen-bond acceptors (Lipinski definition) is 2. The molecule has 0 aromatic heterocycles. The van der Waals surface area contributed by atoms with Gasteiger partial charge in [-0.2, -0.15) is 0 Å². The Balaban J connectivity index is 1.32. The summed E-state index contributed by atoms with van der Waals surface area (Å²) in [5.74, 6) is 0.931. The van der Waals surface area contributed by atoms with Gasteiger partial charge in [-0.05, 0) is 54.2 Å². The van der Waals surface area contributed by atoms with Crippen LogP contribution >= 0.6 is 0 Å². The van der Waals surface area contributed by atoms with Crippen molar-refractivity contribution in [2.75, 3.05) is 18.0 Å². The third-order valence-corrected chi connectivity index (χ3v) is 5.05. The third-order valence-electron chi connectivity index (χ3n) is 5.05. The fourth-order valence-electron chi connectivity index (χ4n) is 3.60. The van der Waals surface area contributed by atoms with Crippen molar-refractivity contribution in [1.29, 1.82) is 0 Å². The van der Waals surface area contributed by atoms with E-state index >= 15 is 0 Å². The minimum Gasteiger partial charge on any atom is -0.489 e. The predicted octanol–water partition coefficient (Wildman–Crippen LogP) is 5.26. The SMILES string of the molecule is c1ccc(COc2ccc(CCN3CCCc4ccccc43)cc2)cc1. The van der Waals surface area contributed by atoms with Crippen LogP contribution < -0.4 is 9.64 Å². The number of ether oxygens (including phenoxy) is 1. The minimum atomic E-state index is 0.616. The maximum atomic E-state index is 5.88. The molecule has 3 aromatic carbocycles. The Bertz CT molecular complexity index is 826. The number of fused-ring (bicyclic) bond motifs is 1. The molecule has 3 aromatic rings. The fraction of sp³-hybridized carbons (Fsp3) is 0.250. The van der Waals surface area contributed by atoms with Crippen molar-refractivity contribution >= 4 is 5.69 Å². The van der Waals surface area contributed by atoms with E-state index in [-0.39, 0.29) is 0 Å². The zero-order valence-electron chi connectivity index (χ0n) is 15.1. The number of nitrogens with zero attached hydrogens (tertiary/aromatic N) is 1. The number of aryl methyl sites for hydroxylation is 1. The van der Waals surface area contributed by atoms with E-state index in [0.717, 1.165) is 25.3 Å². The topological polar surface area (TPSA) is 12.5 Å². The van der Waals surface area contributed by atoms with Crippen LogP contribution in [-0.4, -0.2) is 13.1 Å². The second-order valence-electron chi connectivity index (χ2n) is 6.89. The van der Waals surface area contributed by atoms with E-state index < -0.39 is 0 Å². The van der Waals surface area contributed by atoms with Crippen molar-refractivity contribution < 1.29 is 4.74 Å². The van der Waals surface area contributed by atoms with Crippen molar-refractivity contribution in [2.24, 2.45) is 0 Å². The molecule has 2 heteroatoms. The highest BCUT2D eigenvalue weighted by Gasteiger charge is 2.15. The highest BCUT2D eigenvalue weighted by molar-refractivity contribution is 5.55. The van der Waals surface area contributed by atoms with Crippen LogP contribution in [0.1, 0.15) is 23.1 Å². The van der Waals surface area contributed by atoms with Gasteiger partial charge in [-0.25, -0.2) is 0 Å². The first-order valence-corrected chi connectivity index (χ1v) is 9.47. The molecule has 0 saturated heterocycles. The van der Waals surface area contributed by atoms with E-state index in [1.807, 2.05) is 18.2 Å². The molecule has 0 saturated carbocycles. The zero-order chi connectivity index (χ0) is 17.6. The quantitative estimate of drug-likeness (QED) is 0.605. The van der Waals surface area contributed by atoms with Crippen molar-refractivity contribution in [3.63, 3.8) is 0 Å². The van der Waals surface area contributed by atoms with Crippen LogP contribution in [0.2, 0.25) is 0 Å². The maximum absolute atomic E-state index is 5.88. The molecule has 0 spiro atoms. The fourth-order valence-corrected chi connectivity index (χ4v) is 3.60. The van der Waals surface area contributed by atoms with Crippen LogP contribution in [0.4, 0.5) is 5.69 Å². The zero-order valence-corrected chi connectivity index (χ0v) is 15.1. The summed E-state index contributed by atoms with van der Waals surface area (Å²) >= 11 is 0. The molecule has 0 fully saturated rings. The van der Waals surface area contributed by atoms with Crippen molar-refractivity contribution in [2.45, 2.75) is 25.9 Å². The van der Waals surface area contributed by atoms with Crippen LogP contribution in [0.15, 0.2) is 78.9 Å². The average Bonchev–Trinajstić information content (AvgIpc) is 2.72. The Morgan fingerprint density at radius 1 is 0.769 bits per heavy atom. The molecule has 132 valence electrons. The normalized spacial score (nSPS) is 13.3. The summed E-state index contributed by atoms with van der Waals surface area (Å²) in [6, 6.07) is 27.7. The Hall–Kier alpha value is -2.74. The number of rotatable bonds is 6. The van der Waals surface area contributed by atoms with Gasteiger partial charge in [-0.15, -0.1) is 0 Å². The van der Waals surface area contributed by atoms with Crippen LogP contribution in [0, 0.1) is 0 Å². The van der Waals surface area contributed by atoms with Gasteiger partial charge in [0.15, 0.2) is 0 Å². The molecule has 0 aliphatic carbocycles. The number of anilines is 1. The van der Waals surface area contributed by atoms with E-state index in [4.69, 9.17) is 4.74 Å². The molecule has 1 heterocycles. The summed E-state index contributed by atoms with van der Waals surface area (Å²) in [5, 5.41) is 0. The van der Waals surface area contributed by atoms with Crippen LogP contribution in [0.5, 0.6) is 5.75 Å². The molecule has 26 heavy (non-hydrogen) atoms. The smallest absolute Gasteiger partial charge is 0.119 e. The Kier molecular flexibility index (Phi) is 5.20. The summed E-state index contributed by atoms with van der Waals surface area (Å²) in [6.45, 7) is 2.85. The molecule has 0 atom stereocenters. The largest absolute Gasteiger partial charge is 0.489 e. The summed E-state index contributed by atoms with van der Waals surface area (Å²) < 4.78 is 5.88.